The molecule has 0 aliphatic carbocycles. The molecule has 0 saturated heterocycles. The van der Waals surface area contributed by atoms with E-state index < -0.39 is 0 Å². The van der Waals surface area contributed by atoms with Gasteiger partial charge in [0.25, 0.3) is 0 Å². The first-order chi connectivity index (χ1) is 13.1. The Morgan fingerprint density at radius 1 is 1.22 bits per heavy atom. The molecule has 1 aliphatic rings. The van der Waals surface area contributed by atoms with Gasteiger partial charge in [0.15, 0.2) is 0 Å². The highest BCUT2D eigenvalue weighted by Crippen LogP contribution is 2.35. The van der Waals surface area contributed by atoms with Gasteiger partial charge in [0.1, 0.15) is 5.00 Å². The molecule has 1 aliphatic heterocycles. The minimum Gasteiger partial charge on any atom is -0.334 e. The number of hydrogen-bond acceptors (Lipinski definition) is 3. The molecule has 7 heteroatoms. The van der Waals surface area contributed by atoms with Crippen molar-refractivity contribution in [3.05, 3.63) is 69.8 Å². The molecular weight excluding hydrogens is 380 g/mol. The van der Waals surface area contributed by atoms with Gasteiger partial charge < -0.3 is 20.1 Å². The topological polar surface area (TPSA) is 49.3 Å². The fourth-order valence-electron chi connectivity index (χ4n) is 3.34. The molecule has 27 heavy (non-hydrogen) atoms. The number of fused-ring (bicyclic) bond motifs is 1. The van der Waals surface area contributed by atoms with Crippen LogP contribution in [0.5, 0.6) is 0 Å². The van der Waals surface area contributed by atoms with E-state index in [1.165, 1.54) is 21.0 Å². The number of hydrogen-bond donors (Lipinski definition) is 2. The highest BCUT2D eigenvalue weighted by molar-refractivity contribution is 7.14. The van der Waals surface area contributed by atoms with Gasteiger partial charge >= 0.3 is 6.03 Å². The second-order valence-electron chi connectivity index (χ2n) is 6.65. The van der Waals surface area contributed by atoms with Crippen LogP contribution < -0.4 is 10.6 Å². The lowest BCUT2D eigenvalue weighted by Gasteiger charge is -2.22. The van der Waals surface area contributed by atoms with Crippen LogP contribution in [0, 0.1) is 0 Å². The fourth-order valence-corrected chi connectivity index (χ4v) is 4.94. The molecule has 2 N–H and O–H groups in total. The Kier molecular flexibility index (Phi) is 5.20. The van der Waals surface area contributed by atoms with E-state index in [-0.39, 0.29) is 6.03 Å². The van der Waals surface area contributed by atoms with Crippen molar-refractivity contribution in [3.8, 4) is 5.00 Å². The first-order valence-corrected chi connectivity index (χ1v) is 10.1. The first-order valence-electron chi connectivity index (χ1n) is 8.86. The summed E-state index contributed by atoms with van der Waals surface area (Å²) in [5.41, 5.74) is 3.18. The molecule has 3 aromatic rings. The minimum absolute atomic E-state index is 0.255. The summed E-state index contributed by atoms with van der Waals surface area (Å²) in [5, 5.41) is 7.52. The van der Waals surface area contributed by atoms with Gasteiger partial charge in [-0.05, 0) is 43.3 Å². The number of thiophene rings is 1. The van der Waals surface area contributed by atoms with E-state index in [1.807, 2.05) is 48.0 Å². The highest BCUT2D eigenvalue weighted by Gasteiger charge is 2.23. The van der Waals surface area contributed by atoms with Crippen LogP contribution in [0.15, 0.2) is 48.8 Å². The Balaban J connectivity index is 1.54. The van der Waals surface area contributed by atoms with E-state index in [0.717, 1.165) is 19.5 Å². The van der Waals surface area contributed by atoms with Crippen LogP contribution in [0.2, 0.25) is 5.02 Å². The van der Waals surface area contributed by atoms with Gasteiger partial charge in [-0.2, -0.15) is 0 Å². The number of rotatable bonds is 4. The van der Waals surface area contributed by atoms with Crippen LogP contribution in [0.4, 0.5) is 10.5 Å². The maximum absolute atomic E-state index is 12.4. The Morgan fingerprint density at radius 2 is 2.00 bits per heavy atom. The molecule has 4 rings (SSSR count). The van der Waals surface area contributed by atoms with Crippen molar-refractivity contribution in [1.82, 2.24) is 14.8 Å². The van der Waals surface area contributed by atoms with Crippen LogP contribution in [0.1, 0.15) is 16.0 Å². The van der Waals surface area contributed by atoms with E-state index in [9.17, 15) is 4.79 Å². The van der Waals surface area contributed by atoms with Crippen molar-refractivity contribution in [2.75, 3.05) is 18.9 Å². The second kappa shape index (κ2) is 7.76. The number of nitrogens with one attached hydrogen (secondary N) is 2. The Labute approximate surface area is 167 Å². The minimum atomic E-state index is -0.255. The lowest BCUT2D eigenvalue weighted by molar-refractivity contribution is 0.251. The average molecular weight is 401 g/mol. The predicted octanol–water partition coefficient (Wildman–Crippen LogP) is 4.50. The maximum atomic E-state index is 12.4. The standard InChI is InChI=1S/C20H21ClN4OS/c1-24-11-8-14-15(19(27-18(14)13-24)25-9-4-5-10-25)12-22-20(26)23-17-7-3-2-6-16(17)21/h2-7,9-10H,8,11-13H2,1H3,(H2,22,23,26). The SMILES string of the molecule is CN1CCc2c(sc(-n3cccc3)c2CNC(=O)Nc2ccccc2Cl)C1. The molecule has 0 spiro atoms. The second-order valence-corrected chi connectivity index (χ2v) is 8.14. The summed E-state index contributed by atoms with van der Waals surface area (Å²) >= 11 is 7.93. The van der Waals surface area contributed by atoms with Gasteiger partial charge in [-0.25, -0.2) is 4.79 Å². The van der Waals surface area contributed by atoms with Crippen molar-refractivity contribution >= 4 is 34.7 Å². The number of benzene rings is 1. The van der Waals surface area contributed by atoms with E-state index >= 15 is 0 Å². The zero-order chi connectivity index (χ0) is 18.8. The molecule has 0 fully saturated rings. The third-order valence-electron chi connectivity index (χ3n) is 4.72. The van der Waals surface area contributed by atoms with Crippen molar-refractivity contribution in [1.29, 1.82) is 0 Å². The number of likely N-dealkylation sites (N-methyl/N-ethyl adjacent to an activating group) is 1. The molecule has 5 nitrogen and oxygen atoms in total. The third-order valence-corrected chi connectivity index (χ3v) is 6.32. The summed E-state index contributed by atoms with van der Waals surface area (Å²) in [4.78, 5) is 16.1. The first kappa shape index (κ1) is 18.1. The number of amides is 2. The number of urea groups is 1. The summed E-state index contributed by atoms with van der Waals surface area (Å²) in [5.74, 6) is 0. The van der Waals surface area contributed by atoms with E-state index in [4.69, 9.17) is 11.6 Å². The van der Waals surface area contributed by atoms with Crippen LogP contribution in [0.25, 0.3) is 5.00 Å². The number of halogens is 1. The van der Waals surface area contributed by atoms with E-state index in [1.54, 1.807) is 12.1 Å². The number of carbonyl (C=O) groups excluding carboxylic acids is 1. The molecule has 1 aromatic carbocycles. The fraction of sp³-hybridized carbons (Fsp3) is 0.250. The quantitative estimate of drug-likeness (QED) is 0.677. The van der Waals surface area contributed by atoms with Crippen LogP contribution in [0.3, 0.4) is 0 Å². The molecule has 3 heterocycles. The molecule has 0 bridgehead atoms. The summed E-state index contributed by atoms with van der Waals surface area (Å²) in [6.45, 7) is 2.48. The van der Waals surface area contributed by atoms with Crippen LogP contribution >= 0.6 is 22.9 Å². The largest absolute Gasteiger partial charge is 0.334 e. The molecule has 2 aromatic heterocycles. The van der Waals surface area contributed by atoms with Gasteiger partial charge in [-0.3, -0.25) is 0 Å². The number of para-hydroxylation sites is 1. The van der Waals surface area contributed by atoms with Gasteiger partial charge in [0.2, 0.25) is 0 Å². The smallest absolute Gasteiger partial charge is 0.319 e. The summed E-state index contributed by atoms with van der Waals surface area (Å²) in [7, 11) is 2.15. The zero-order valence-electron chi connectivity index (χ0n) is 15.0. The van der Waals surface area contributed by atoms with E-state index in [2.05, 4.69) is 27.1 Å². The molecular formula is C20H21ClN4OS. The third kappa shape index (κ3) is 3.88. The Bertz CT molecular complexity index is 951. The average Bonchev–Trinajstić information content (AvgIpc) is 3.29. The summed E-state index contributed by atoms with van der Waals surface area (Å²) in [6.07, 6.45) is 5.11. The number of aromatic nitrogens is 1. The van der Waals surface area contributed by atoms with Gasteiger partial charge in [-0.1, -0.05) is 23.7 Å². The van der Waals surface area contributed by atoms with Gasteiger partial charge in [-0.15, -0.1) is 11.3 Å². The number of carbonyl (C=O) groups is 1. The lowest BCUT2D eigenvalue weighted by Crippen LogP contribution is -2.30. The summed E-state index contributed by atoms with van der Waals surface area (Å²) in [6, 6.07) is 11.0. The van der Waals surface area contributed by atoms with Gasteiger partial charge in [0, 0.05) is 42.5 Å². The molecule has 140 valence electrons. The van der Waals surface area contributed by atoms with Crippen molar-refractivity contribution < 1.29 is 4.79 Å². The molecule has 0 unspecified atom stereocenters. The van der Waals surface area contributed by atoms with Crippen molar-refractivity contribution in [3.63, 3.8) is 0 Å². The monoisotopic (exact) mass is 400 g/mol. The van der Waals surface area contributed by atoms with Crippen LogP contribution in [-0.4, -0.2) is 29.1 Å². The molecule has 2 amide bonds. The number of nitrogens with zero attached hydrogens (tertiary/aromatic N) is 2. The Morgan fingerprint density at radius 3 is 2.78 bits per heavy atom. The highest BCUT2D eigenvalue weighted by atomic mass is 35.5. The predicted molar refractivity (Wildman–Crippen MR) is 111 cm³/mol. The molecule has 0 atom stereocenters. The molecule has 0 saturated carbocycles. The summed E-state index contributed by atoms with van der Waals surface area (Å²) < 4.78 is 2.13. The normalized spacial score (nSPS) is 14.0. The lowest BCUT2D eigenvalue weighted by atomic mass is 10.0. The number of anilines is 1. The van der Waals surface area contributed by atoms with Crippen LogP contribution in [-0.2, 0) is 19.5 Å². The maximum Gasteiger partial charge on any atom is 0.319 e. The van der Waals surface area contributed by atoms with E-state index in [0.29, 0.717) is 17.3 Å². The van der Waals surface area contributed by atoms with Crippen molar-refractivity contribution in [2.45, 2.75) is 19.5 Å². The zero-order valence-corrected chi connectivity index (χ0v) is 16.6. The van der Waals surface area contributed by atoms with Gasteiger partial charge in [0.05, 0.1) is 10.7 Å². The Hall–Kier alpha value is -2.28. The van der Waals surface area contributed by atoms with Crippen molar-refractivity contribution in [2.24, 2.45) is 0 Å². The molecule has 0 radical (unpaired) electrons.